The third kappa shape index (κ3) is 3.40. The quantitative estimate of drug-likeness (QED) is 0.753. The fourth-order valence-electron chi connectivity index (χ4n) is 2.76. The topological polar surface area (TPSA) is 88.0 Å². The third-order valence-electron chi connectivity index (χ3n) is 4.26. The van der Waals surface area contributed by atoms with Crippen LogP contribution in [-0.4, -0.2) is 15.9 Å². The first-order valence-electron chi connectivity index (χ1n) is 8.57. The molecule has 1 aromatic carbocycles. The highest BCUT2D eigenvalue weighted by molar-refractivity contribution is 5.95. The number of rotatable bonds is 3. The van der Waals surface area contributed by atoms with Crippen molar-refractivity contribution in [2.45, 2.75) is 46.1 Å². The zero-order valence-electron chi connectivity index (χ0n) is 15.6. The summed E-state index contributed by atoms with van der Waals surface area (Å²) in [7, 11) is 0. The number of aryl methyl sites for hydroxylation is 1. The number of carbonyl (C=O) groups is 1. The molecule has 0 saturated carbocycles. The van der Waals surface area contributed by atoms with Gasteiger partial charge < -0.3 is 14.7 Å². The molecule has 1 atom stereocenters. The van der Waals surface area contributed by atoms with E-state index < -0.39 is 11.5 Å². The smallest absolute Gasteiger partial charge is 0.264 e. The number of hydrogen-bond donors (Lipinski definition) is 2. The number of aromatic nitrogens is 2. The summed E-state index contributed by atoms with van der Waals surface area (Å²) in [5, 5.41) is 3.79. The van der Waals surface area contributed by atoms with Gasteiger partial charge in [0, 0.05) is 10.8 Å². The van der Waals surface area contributed by atoms with E-state index in [0.29, 0.717) is 17.3 Å². The number of para-hydroxylation sites is 1. The lowest BCUT2D eigenvalue weighted by molar-refractivity contribution is 0.0933. The third-order valence-corrected chi connectivity index (χ3v) is 4.26. The van der Waals surface area contributed by atoms with Crippen molar-refractivity contribution in [2.75, 3.05) is 0 Å². The summed E-state index contributed by atoms with van der Waals surface area (Å²) >= 11 is 0. The van der Waals surface area contributed by atoms with E-state index in [2.05, 4.69) is 15.3 Å². The number of H-pyrrole nitrogens is 1. The van der Waals surface area contributed by atoms with Gasteiger partial charge in [-0.15, -0.1) is 0 Å². The highest BCUT2D eigenvalue weighted by Crippen LogP contribution is 2.24. The molecule has 6 heteroatoms. The van der Waals surface area contributed by atoms with Crippen LogP contribution in [-0.2, 0) is 5.41 Å². The van der Waals surface area contributed by atoms with Gasteiger partial charge in [-0.1, -0.05) is 39.0 Å². The van der Waals surface area contributed by atoms with E-state index in [4.69, 9.17) is 4.42 Å². The number of benzene rings is 1. The molecule has 26 heavy (non-hydrogen) atoms. The minimum Gasteiger partial charge on any atom is -0.459 e. The van der Waals surface area contributed by atoms with Gasteiger partial charge >= 0.3 is 0 Å². The van der Waals surface area contributed by atoms with E-state index in [1.165, 1.54) is 0 Å². The molecule has 0 radical (unpaired) electrons. The number of fused-ring (bicyclic) bond motifs is 1. The van der Waals surface area contributed by atoms with Gasteiger partial charge in [-0.3, -0.25) is 9.59 Å². The molecular weight excluding hydrogens is 330 g/mol. The zero-order valence-corrected chi connectivity index (χ0v) is 15.6. The van der Waals surface area contributed by atoms with E-state index in [0.717, 1.165) is 11.0 Å². The Labute approximate surface area is 151 Å². The molecule has 2 heterocycles. The Morgan fingerprint density at radius 1 is 1.27 bits per heavy atom. The molecule has 0 aliphatic heterocycles. The summed E-state index contributed by atoms with van der Waals surface area (Å²) < 4.78 is 5.77. The van der Waals surface area contributed by atoms with Crippen LogP contribution in [0.2, 0.25) is 0 Å². The van der Waals surface area contributed by atoms with E-state index in [9.17, 15) is 9.59 Å². The molecule has 0 fully saturated rings. The second kappa shape index (κ2) is 6.44. The SMILES string of the molecule is Cc1nc(C(C)(C)C)[nH]c(=O)c1C(=O)NC(C)c1cc2ccccc2o1. The first kappa shape index (κ1) is 17.9. The van der Waals surface area contributed by atoms with E-state index in [1.54, 1.807) is 6.92 Å². The maximum atomic E-state index is 12.6. The van der Waals surface area contributed by atoms with Crippen molar-refractivity contribution in [1.29, 1.82) is 0 Å². The Balaban J connectivity index is 1.86. The molecule has 0 aliphatic rings. The standard InChI is InChI=1S/C20H23N3O3/c1-11(15-10-13-8-6-7-9-14(13)26-15)21-17(24)16-12(2)22-19(20(3,4)5)23-18(16)25/h6-11H,1-5H3,(H,21,24)(H,22,23,25). The molecule has 0 aliphatic carbocycles. The lowest BCUT2D eigenvalue weighted by atomic mass is 9.95. The van der Waals surface area contributed by atoms with Crippen LogP contribution < -0.4 is 10.9 Å². The van der Waals surface area contributed by atoms with Gasteiger partial charge in [-0.2, -0.15) is 0 Å². The molecule has 1 unspecified atom stereocenters. The number of aromatic amines is 1. The van der Waals surface area contributed by atoms with Crippen molar-refractivity contribution >= 4 is 16.9 Å². The Morgan fingerprint density at radius 3 is 2.58 bits per heavy atom. The first-order chi connectivity index (χ1) is 12.2. The monoisotopic (exact) mass is 353 g/mol. The molecule has 6 nitrogen and oxygen atoms in total. The molecule has 3 aromatic rings. The van der Waals surface area contributed by atoms with Crippen molar-refractivity contribution in [1.82, 2.24) is 15.3 Å². The van der Waals surface area contributed by atoms with Gasteiger partial charge in [0.25, 0.3) is 11.5 Å². The molecule has 0 bridgehead atoms. The van der Waals surface area contributed by atoms with E-state index >= 15 is 0 Å². The fourth-order valence-corrected chi connectivity index (χ4v) is 2.76. The Morgan fingerprint density at radius 2 is 1.96 bits per heavy atom. The molecular formula is C20H23N3O3. The van der Waals surface area contributed by atoms with E-state index in [-0.39, 0.29) is 17.0 Å². The molecule has 2 N–H and O–H groups in total. The largest absolute Gasteiger partial charge is 0.459 e. The van der Waals surface area contributed by atoms with Crippen molar-refractivity contribution in [3.8, 4) is 0 Å². The van der Waals surface area contributed by atoms with Crippen LogP contribution in [0.1, 0.15) is 61.4 Å². The van der Waals surface area contributed by atoms with Crippen LogP contribution in [0.3, 0.4) is 0 Å². The molecule has 3 rings (SSSR count). The van der Waals surface area contributed by atoms with Crippen LogP contribution in [0.25, 0.3) is 11.0 Å². The number of nitrogens with zero attached hydrogens (tertiary/aromatic N) is 1. The zero-order chi connectivity index (χ0) is 19.1. The number of furan rings is 1. The number of nitrogens with one attached hydrogen (secondary N) is 2. The van der Waals surface area contributed by atoms with Crippen molar-refractivity contribution < 1.29 is 9.21 Å². The number of amides is 1. The van der Waals surface area contributed by atoms with Crippen molar-refractivity contribution in [2.24, 2.45) is 0 Å². The summed E-state index contributed by atoms with van der Waals surface area (Å²) in [6.07, 6.45) is 0. The van der Waals surface area contributed by atoms with Crippen LogP contribution in [0.5, 0.6) is 0 Å². The molecule has 0 saturated heterocycles. The van der Waals surface area contributed by atoms with Crippen molar-refractivity contribution in [3.05, 3.63) is 63.5 Å². The normalized spacial score (nSPS) is 13.0. The maximum Gasteiger partial charge on any atom is 0.264 e. The fraction of sp³-hybridized carbons (Fsp3) is 0.350. The average molecular weight is 353 g/mol. The van der Waals surface area contributed by atoms with Gasteiger partial charge in [-0.05, 0) is 26.0 Å². The second-order valence-electron chi connectivity index (χ2n) is 7.51. The number of carbonyl (C=O) groups excluding carboxylic acids is 1. The predicted octanol–water partition coefficient (Wildman–Crippen LogP) is 3.61. The van der Waals surface area contributed by atoms with Crippen LogP contribution in [0.4, 0.5) is 0 Å². The van der Waals surface area contributed by atoms with Gasteiger partial charge in [0.15, 0.2) is 0 Å². The maximum absolute atomic E-state index is 12.6. The minimum atomic E-state index is -0.468. The summed E-state index contributed by atoms with van der Waals surface area (Å²) in [4.78, 5) is 32.2. The predicted molar refractivity (Wildman–Crippen MR) is 100 cm³/mol. The summed E-state index contributed by atoms with van der Waals surface area (Å²) in [6.45, 7) is 9.34. The van der Waals surface area contributed by atoms with Gasteiger partial charge in [-0.25, -0.2) is 4.98 Å². The van der Waals surface area contributed by atoms with Gasteiger partial charge in [0.1, 0.15) is 22.7 Å². The Hall–Kier alpha value is -2.89. The van der Waals surface area contributed by atoms with Crippen LogP contribution in [0.15, 0.2) is 39.5 Å². The molecule has 136 valence electrons. The lowest BCUT2D eigenvalue weighted by Crippen LogP contribution is -2.35. The number of hydrogen-bond acceptors (Lipinski definition) is 4. The molecule has 1 amide bonds. The first-order valence-corrected chi connectivity index (χ1v) is 8.57. The van der Waals surface area contributed by atoms with Crippen LogP contribution >= 0.6 is 0 Å². The Bertz CT molecular complexity index is 992. The lowest BCUT2D eigenvalue weighted by Gasteiger charge is -2.18. The van der Waals surface area contributed by atoms with Gasteiger partial charge in [0.2, 0.25) is 0 Å². The average Bonchev–Trinajstić information content (AvgIpc) is 2.97. The summed E-state index contributed by atoms with van der Waals surface area (Å²) in [5.74, 6) is 0.722. The van der Waals surface area contributed by atoms with E-state index in [1.807, 2.05) is 58.0 Å². The summed E-state index contributed by atoms with van der Waals surface area (Å²) in [6, 6.07) is 9.15. The minimum absolute atomic E-state index is 0.0287. The van der Waals surface area contributed by atoms with Crippen LogP contribution in [0, 0.1) is 6.92 Å². The summed E-state index contributed by atoms with van der Waals surface area (Å²) in [5.41, 5.74) is 0.458. The highest BCUT2D eigenvalue weighted by Gasteiger charge is 2.23. The Kier molecular flexibility index (Phi) is 4.44. The van der Waals surface area contributed by atoms with Crippen molar-refractivity contribution in [3.63, 3.8) is 0 Å². The van der Waals surface area contributed by atoms with Gasteiger partial charge in [0.05, 0.1) is 11.7 Å². The second-order valence-corrected chi connectivity index (χ2v) is 7.51. The molecule has 0 spiro atoms. The molecule has 2 aromatic heterocycles. The highest BCUT2D eigenvalue weighted by atomic mass is 16.3.